The molecule has 148 valence electrons. The van der Waals surface area contributed by atoms with Crippen LogP contribution in [0.5, 0.6) is 0 Å². The first kappa shape index (κ1) is 20.2. The summed E-state index contributed by atoms with van der Waals surface area (Å²) < 4.78 is 0. The highest BCUT2D eigenvalue weighted by atomic mass is 35.5. The maximum absolute atomic E-state index is 12.8. The fraction of sp³-hybridized carbons (Fsp3) is 0.182. The van der Waals surface area contributed by atoms with Crippen LogP contribution in [0.4, 0.5) is 0 Å². The average Bonchev–Trinajstić information content (AvgIpc) is 3.13. The molecule has 0 atom stereocenters. The van der Waals surface area contributed by atoms with Crippen LogP contribution in [-0.2, 0) is 13.1 Å². The molecule has 0 aliphatic carbocycles. The molecule has 4 nitrogen and oxygen atoms in total. The number of halogens is 1. The summed E-state index contributed by atoms with van der Waals surface area (Å²) in [6, 6.07) is 16.1. The van der Waals surface area contributed by atoms with Crippen LogP contribution in [0.25, 0.3) is 21.3 Å². The molecule has 1 N–H and O–H groups in total. The Morgan fingerprint density at radius 3 is 2.59 bits per heavy atom. The van der Waals surface area contributed by atoms with Gasteiger partial charge in [-0.1, -0.05) is 41.9 Å². The van der Waals surface area contributed by atoms with Gasteiger partial charge in [-0.3, -0.25) is 9.69 Å². The standard InChI is InChI=1S/C22H20ClN3OS2/c1-26(11-14-7-9-15(28-2)10-8-14)12-19-24-21(27)20-17(13-29-22(20)25-19)16-5-3-4-6-18(16)23/h3-10,13H,11-12H2,1-2H3,(H,24,25,27). The monoisotopic (exact) mass is 441 g/mol. The third kappa shape index (κ3) is 4.41. The minimum atomic E-state index is -0.126. The number of thiophene rings is 1. The number of H-pyrrole nitrogens is 1. The van der Waals surface area contributed by atoms with E-state index in [-0.39, 0.29) is 5.56 Å². The van der Waals surface area contributed by atoms with Crippen molar-refractivity contribution in [2.75, 3.05) is 13.3 Å². The first-order chi connectivity index (χ1) is 14.0. The number of fused-ring (bicyclic) bond motifs is 1. The maximum atomic E-state index is 12.8. The second-order valence-corrected chi connectivity index (χ2v) is 8.99. The lowest BCUT2D eigenvalue weighted by Gasteiger charge is -2.16. The van der Waals surface area contributed by atoms with Crippen LogP contribution in [0.2, 0.25) is 5.02 Å². The third-order valence-electron chi connectivity index (χ3n) is 4.69. The molecular weight excluding hydrogens is 422 g/mol. The largest absolute Gasteiger partial charge is 0.309 e. The highest BCUT2D eigenvalue weighted by molar-refractivity contribution is 7.98. The van der Waals surface area contributed by atoms with Gasteiger partial charge in [0.15, 0.2) is 0 Å². The van der Waals surface area contributed by atoms with Gasteiger partial charge in [0.25, 0.3) is 5.56 Å². The van der Waals surface area contributed by atoms with Crippen molar-refractivity contribution in [3.63, 3.8) is 0 Å². The fourth-order valence-corrected chi connectivity index (χ4v) is 4.90. The van der Waals surface area contributed by atoms with Gasteiger partial charge < -0.3 is 4.98 Å². The number of hydrogen-bond acceptors (Lipinski definition) is 5. The van der Waals surface area contributed by atoms with Crippen molar-refractivity contribution in [3.8, 4) is 11.1 Å². The molecule has 0 bridgehead atoms. The molecule has 4 aromatic rings. The Morgan fingerprint density at radius 2 is 1.86 bits per heavy atom. The molecule has 0 spiro atoms. The van der Waals surface area contributed by atoms with Gasteiger partial charge >= 0.3 is 0 Å². The molecule has 0 saturated carbocycles. The fourth-order valence-electron chi connectivity index (χ4n) is 3.30. The average molecular weight is 442 g/mol. The number of benzene rings is 2. The zero-order chi connectivity index (χ0) is 20.4. The molecule has 7 heteroatoms. The molecule has 0 aliphatic heterocycles. The number of thioether (sulfide) groups is 1. The van der Waals surface area contributed by atoms with E-state index >= 15 is 0 Å². The normalized spacial score (nSPS) is 11.4. The van der Waals surface area contributed by atoms with Crippen molar-refractivity contribution in [2.24, 2.45) is 0 Å². The third-order valence-corrected chi connectivity index (χ3v) is 6.63. The number of nitrogens with zero attached hydrogens (tertiary/aromatic N) is 2. The molecule has 0 radical (unpaired) electrons. The molecular formula is C22H20ClN3OS2. The number of aromatic amines is 1. The maximum Gasteiger partial charge on any atom is 0.260 e. The van der Waals surface area contributed by atoms with Crippen molar-refractivity contribution in [1.29, 1.82) is 0 Å². The van der Waals surface area contributed by atoms with Crippen LogP contribution < -0.4 is 5.56 Å². The highest BCUT2D eigenvalue weighted by Crippen LogP contribution is 2.34. The van der Waals surface area contributed by atoms with Gasteiger partial charge in [-0.2, -0.15) is 0 Å². The van der Waals surface area contributed by atoms with Gasteiger partial charge in [-0.25, -0.2) is 4.98 Å². The van der Waals surface area contributed by atoms with E-state index in [1.165, 1.54) is 21.8 Å². The quantitative estimate of drug-likeness (QED) is 0.392. The number of nitrogens with one attached hydrogen (secondary N) is 1. The van der Waals surface area contributed by atoms with Gasteiger partial charge in [0.05, 0.1) is 11.9 Å². The predicted octanol–water partition coefficient (Wildman–Crippen LogP) is 5.66. The summed E-state index contributed by atoms with van der Waals surface area (Å²) >= 11 is 9.53. The molecule has 2 aromatic carbocycles. The number of hydrogen-bond donors (Lipinski definition) is 1. The van der Waals surface area contributed by atoms with Crippen molar-refractivity contribution in [1.82, 2.24) is 14.9 Å². The summed E-state index contributed by atoms with van der Waals surface area (Å²) in [4.78, 5) is 24.6. The van der Waals surface area contributed by atoms with E-state index in [4.69, 9.17) is 16.6 Å². The number of rotatable bonds is 6. The second-order valence-electron chi connectivity index (χ2n) is 6.84. The van der Waals surface area contributed by atoms with Gasteiger partial charge in [0, 0.05) is 33.0 Å². The Bertz CT molecular complexity index is 1200. The van der Waals surface area contributed by atoms with Crippen LogP contribution in [0, 0.1) is 0 Å². The lowest BCUT2D eigenvalue weighted by atomic mass is 10.1. The minimum absolute atomic E-state index is 0.126. The van der Waals surface area contributed by atoms with E-state index in [0.29, 0.717) is 22.8 Å². The second kappa shape index (κ2) is 8.71. The van der Waals surface area contributed by atoms with Gasteiger partial charge in [-0.15, -0.1) is 23.1 Å². The van der Waals surface area contributed by atoms with Crippen LogP contribution in [0.15, 0.2) is 63.6 Å². The zero-order valence-corrected chi connectivity index (χ0v) is 18.5. The Labute approximate surface area is 182 Å². The van der Waals surface area contributed by atoms with E-state index < -0.39 is 0 Å². The van der Waals surface area contributed by atoms with Crippen LogP contribution >= 0.6 is 34.7 Å². The highest BCUT2D eigenvalue weighted by Gasteiger charge is 2.15. The van der Waals surface area contributed by atoms with Crippen LogP contribution in [0.3, 0.4) is 0 Å². The molecule has 0 unspecified atom stereocenters. The molecule has 0 aliphatic rings. The molecule has 0 fully saturated rings. The minimum Gasteiger partial charge on any atom is -0.309 e. The van der Waals surface area contributed by atoms with E-state index in [9.17, 15) is 4.79 Å². The topological polar surface area (TPSA) is 49.0 Å². The summed E-state index contributed by atoms with van der Waals surface area (Å²) in [5.74, 6) is 0.665. The van der Waals surface area contributed by atoms with E-state index in [1.54, 1.807) is 11.8 Å². The van der Waals surface area contributed by atoms with E-state index in [0.717, 1.165) is 22.5 Å². The predicted molar refractivity (Wildman–Crippen MR) is 124 cm³/mol. The Hall–Kier alpha value is -2.12. The van der Waals surface area contributed by atoms with Crippen LogP contribution in [0.1, 0.15) is 11.4 Å². The molecule has 0 amide bonds. The van der Waals surface area contributed by atoms with E-state index in [2.05, 4.69) is 40.4 Å². The SMILES string of the molecule is CSc1ccc(CN(C)Cc2nc3scc(-c4ccccc4Cl)c3c(=O)[nH]2)cc1. The lowest BCUT2D eigenvalue weighted by molar-refractivity contribution is 0.310. The Kier molecular flexibility index (Phi) is 6.06. The van der Waals surface area contributed by atoms with Gasteiger partial charge in [0.1, 0.15) is 10.7 Å². The van der Waals surface area contributed by atoms with Gasteiger partial charge in [-0.05, 0) is 37.1 Å². The Balaban J connectivity index is 1.57. The summed E-state index contributed by atoms with van der Waals surface area (Å²) in [5, 5.41) is 3.18. The summed E-state index contributed by atoms with van der Waals surface area (Å²) in [6.45, 7) is 1.35. The Morgan fingerprint density at radius 1 is 1.10 bits per heavy atom. The van der Waals surface area contributed by atoms with Crippen molar-refractivity contribution < 1.29 is 0 Å². The molecule has 2 aromatic heterocycles. The van der Waals surface area contributed by atoms with Gasteiger partial charge in [0.2, 0.25) is 0 Å². The first-order valence-electron chi connectivity index (χ1n) is 9.12. The van der Waals surface area contributed by atoms with E-state index in [1.807, 2.05) is 36.7 Å². The van der Waals surface area contributed by atoms with Crippen molar-refractivity contribution in [3.05, 3.63) is 80.7 Å². The van der Waals surface area contributed by atoms with Crippen molar-refractivity contribution in [2.45, 2.75) is 18.0 Å². The number of aromatic nitrogens is 2. The molecule has 4 rings (SSSR count). The summed E-state index contributed by atoms with van der Waals surface area (Å²) in [7, 11) is 2.02. The lowest BCUT2D eigenvalue weighted by Crippen LogP contribution is -2.21. The molecule has 2 heterocycles. The smallest absolute Gasteiger partial charge is 0.260 e. The molecule has 29 heavy (non-hydrogen) atoms. The molecule has 0 saturated heterocycles. The van der Waals surface area contributed by atoms with Crippen LogP contribution in [-0.4, -0.2) is 28.2 Å². The first-order valence-corrected chi connectivity index (χ1v) is 11.6. The summed E-state index contributed by atoms with van der Waals surface area (Å²) in [5.41, 5.74) is 2.79. The zero-order valence-electron chi connectivity index (χ0n) is 16.1. The van der Waals surface area contributed by atoms with Crippen molar-refractivity contribution >= 4 is 44.9 Å². The summed E-state index contributed by atoms with van der Waals surface area (Å²) in [6.07, 6.45) is 2.07.